The predicted octanol–water partition coefficient (Wildman–Crippen LogP) is 17.0. The zero-order chi connectivity index (χ0) is 44.9. The number of nitrogens with zero attached hydrogens (tertiary/aromatic N) is 3. The first-order chi connectivity index (χ1) is 33.6. The van der Waals surface area contributed by atoms with Gasteiger partial charge >= 0.3 is 0 Å². The van der Waals surface area contributed by atoms with Gasteiger partial charge in [0.25, 0.3) is 0 Å². The number of hydrogen-bond acceptors (Lipinski definition) is 4. The van der Waals surface area contributed by atoms with Gasteiger partial charge in [0, 0.05) is 32.3 Å². The molecule has 0 spiro atoms. The molecule has 3 aromatic heterocycles. The van der Waals surface area contributed by atoms with E-state index in [0.717, 1.165) is 90.3 Å². The van der Waals surface area contributed by atoms with E-state index in [-0.39, 0.29) is 12.0 Å². The third-order valence-corrected chi connectivity index (χ3v) is 14.4. The van der Waals surface area contributed by atoms with Crippen molar-refractivity contribution in [2.75, 3.05) is 0 Å². The van der Waals surface area contributed by atoms with Crippen LogP contribution in [-0.4, -0.2) is 16.1 Å². The van der Waals surface area contributed by atoms with Crippen LogP contribution in [-0.2, 0) is 0 Å². The number of para-hydroxylation sites is 3. The molecule has 5 nitrogen and oxygen atoms in total. The topological polar surface area (TPSA) is 55.9 Å². The second kappa shape index (κ2) is 15.3. The summed E-state index contributed by atoms with van der Waals surface area (Å²) in [5.74, 6) is 0.855. The Kier molecular flexibility index (Phi) is 8.69. The van der Waals surface area contributed by atoms with Crippen molar-refractivity contribution in [2.24, 2.45) is 15.9 Å². The summed E-state index contributed by atoms with van der Waals surface area (Å²) in [4.78, 5) is 11.5. The van der Waals surface area contributed by atoms with Gasteiger partial charge < -0.3 is 13.4 Å². The fraction of sp³-hybridized carbons (Fsp3) is 0.0794. The molecule has 5 heteroatoms. The molecule has 4 heterocycles. The summed E-state index contributed by atoms with van der Waals surface area (Å²) < 4.78 is 16.1. The van der Waals surface area contributed by atoms with E-state index < -0.39 is 0 Å². The minimum Gasteiger partial charge on any atom is -0.455 e. The van der Waals surface area contributed by atoms with E-state index in [1.54, 1.807) is 0 Å². The van der Waals surface area contributed by atoms with Crippen LogP contribution in [0.5, 0.6) is 0 Å². The Morgan fingerprint density at radius 1 is 0.456 bits per heavy atom. The largest absolute Gasteiger partial charge is 0.455 e. The van der Waals surface area contributed by atoms with Crippen LogP contribution >= 0.6 is 0 Å². The predicted molar refractivity (Wildman–Crippen MR) is 283 cm³/mol. The van der Waals surface area contributed by atoms with E-state index in [1.165, 1.54) is 49.0 Å². The standard InChI is InChI=1S/C63H43N3O2/c1-38-29-30-54(64-63(50-26-14-25-49-47-23-9-11-27-58(47)67-61(49)50)65-60(38)45-22-13-21-40(31-45)39-15-3-2-4-16-39)46-34-53-48-24-10-12-28-59(48)68-62(53)57(37-46)66-55-35-43-19-7-5-17-41(43)32-51(55)52-33-42-18-6-8-20-44(42)36-56(52)66/h2-28,31-38,60H,29-30H2,1H3. The Labute approximate surface area is 391 Å². The third kappa shape index (κ3) is 6.16. The number of aromatic nitrogens is 1. The third-order valence-electron chi connectivity index (χ3n) is 14.4. The van der Waals surface area contributed by atoms with Crippen LogP contribution in [0.1, 0.15) is 42.5 Å². The van der Waals surface area contributed by atoms with Gasteiger partial charge in [0.1, 0.15) is 16.7 Å². The van der Waals surface area contributed by atoms with E-state index >= 15 is 0 Å². The maximum Gasteiger partial charge on any atom is 0.159 e. The van der Waals surface area contributed by atoms with Gasteiger partial charge in [-0.2, -0.15) is 0 Å². The van der Waals surface area contributed by atoms with Crippen molar-refractivity contribution < 1.29 is 8.83 Å². The highest BCUT2D eigenvalue weighted by Gasteiger charge is 2.28. The zero-order valence-electron chi connectivity index (χ0n) is 37.4. The highest BCUT2D eigenvalue weighted by Crippen LogP contribution is 2.43. The van der Waals surface area contributed by atoms with Crippen LogP contribution in [0.3, 0.4) is 0 Å². The smallest absolute Gasteiger partial charge is 0.159 e. The average molecular weight is 874 g/mol. The number of rotatable bonds is 5. The van der Waals surface area contributed by atoms with Crippen molar-refractivity contribution >= 4 is 98.8 Å². The molecule has 0 N–H and O–H groups in total. The minimum absolute atomic E-state index is 0.142. The monoisotopic (exact) mass is 873 g/mol. The molecule has 0 aliphatic carbocycles. The summed E-state index contributed by atoms with van der Waals surface area (Å²) >= 11 is 0. The lowest BCUT2D eigenvalue weighted by Crippen LogP contribution is -2.18. The summed E-state index contributed by atoms with van der Waals surface area (Å²) in [7, 11) is 0. The molecule has 0 fully saturated rings. The van der Waals surface area contributed by atoms with Gasteiger partial charge in [0.2, 0.25) is 0 Å². The maximum atomic E-state index is 6.96. The number of aliphatic imine (C=N–C) groups is 2. The molecule has 0 saturated carbocycles. The molecule has 14 rings (SSSR count). The molecule has 322 valence electrons. The lowest BCUT2D eigenvalue weighted by Gasteiger charge is -2.25. The fourth-order valence-corrected chi connectivity index (χ4v) is 11.0. The van der Waals surface area contributed by atoms with Crippen LogP contribution in [0.4, 0.5) is 0 Å². The maximum absolute atomic E-state index is 6.96. The van der Waals surface area contributed by atoms with E-state index in [1.807, 2.05) is 12.1 Å². The van der Waals surface area contributed by atoms with E-state index in [0.29, 0.717) is 5.84 Å². The fourth-order valence-electron chi connectivity index (χ4n) is 11.0. The van der Waals surface area contributed by atoms with Gasteiger partial charge in [0.15, 0.2) is 11.4 Å². The summed E-state index contributed by atoms with van der Waals surface area (Å²) in [6.45, 7) is 2.34. The Balaban J connectivity index is 1.04. The van der Waals surface area contributed by atoms with E-state index in [4.69, 9.17) is 18.8 Å². The van der Waals surface area contributed by atoms with Gasteiger partial charge in [0.05, 0.1) is 34.0 Å². The van der Waals surface area contributed by atoms with Crippen molar-refractivity contribution in [1.82, 2.24) is 4.57 Å². The van der Waals surface area contributed by atoms with E-state index in [9.17, 15) is 0 Å². The molecule has 0 bridgehead atoms. The summed E-state index contributed by atoms with van der Waals surface area (Å²) in [5, 5.41) is 11.5. The Bertz CT molecular complexity index is 4150. The van der Waals surface area contributed by atoms with Gasteiger partial charge in [-0.1, -0.05) is 153 Å². The van der Waals surface area contributed by atoms with Crippen LogP contribution in [0.2, 0.25) is 0 Å². The quantitative estimate of drug-likeness (QED) is 0.173. The Hall–Kier alpha value is -8.54. The lowest BCUT2D eigenvalue weighted by molar-refractivity contribution is 0.446. The first kappa shape index (κ1) is 38.7. The highest BCUT2D eigenvalue weighted by molar-refractivity contribution is 6.22. The normalized spacial score (nSPS) is 15.8. The van der Waals surface area contributed by atoms with Crippen LogP contribution in [0.25, 0.3) is 104 Å². The molecule has 0 amide bonds. The molecule has 13 aromatic rings. The summed E-state index contributed by atoms with van der Waals surface area (Å²) in [5.41, 5.74) is 13.0. The average Bonchev–Trinajstić information content (AvgIpc) is 4.06. The SMILES string of the molecule is CC1CCC(c2cc(-n3c4cc5ccccc5cc4c4cc5ccccc5cc43)c3oc4ccccc4c3c2)=NC(c2cccc3c2oc2ccccc23)=NC1c1cccc(-c2ccccc2)c1. The van der Waals surface area contributed by atoms with Gasteiger partial charge in [-0.3, -0.25) is 4.99 Å². The van der Waals surface area contributed by atoms with Gasteiger partial charge in [-0.15, -0.1) is 0 Å². The lowest BCUT2D eigenvalue weighted by atomic mass is 9.87. The molecule has 10 aromatic carbocycles. The van der Waals surface area contributed by atoms with Crippen molar-refractivity contribution in [1.29, 1.82) is 0 Å². The minimum atomic E-state index is -0.142. The second-order valence-electron chi connectivity index (χ2n) is 18.5. The number of benzene rings is 10. The molecular weight excluding hydrogens is 831 g/mol. The molecule has 2 unspecified atom stereocenters. The van der Waals surface area contributed by atoms with Gasteiger partial charge in [-0.05, 0) is 123 Å². The van der Waals surface area contributed by atoms with Crippen molar-refractivity contribution in [3.05, 3.63) is 223 Å². The molecule has 1 aliphatic rings. The number of hydrogen-bond donors (Lipinski definition) is 0. The highest BCUT2D eigenvalue weighted by atomic mass is 16.3. The number of furan rings is 2. The molecule has 68 heavy (non-hydrogen) atoms. The number of amidine groups is 1. The zero-order valence-corrected chi connectivity index (χ0v) is 37.4. The summed E-state index contributed by atoms with van der Waals surface area (Å²) in [6, 6.07) is 73.8. The van der Waals surface area contributed by atoms with Crippen molar-refractivity contribution in [3.8, 4) is 16.8 Å². The number of fused-ring (bicyclic) bond motifs is 11. The molecule has 0 radical (unpaired) electrons. The molecule has 0 saturated heterocycles. The molecule has 1 aliphatic heterocycles. The Morgan fingerprint density at radius 2 is 1.03 bits per heavy atom. The van der Waals surface area contributed by atoms with E-state index in [2.05, 4.69) is 206 Å². The van der Waals surface area contributed by atoms with Crippen molar-refractivity contribution in [3.63, 3.8) is 0 Å². The Morgan fingerprint density at radius 3 is 1.74 bits per heavy atom. The first-order valence-electron chi connectivity index (χ1n) is 23.6. The second-order valence-corrected chi connectivity index (χ2v) is 18.5. The van der Waals surface area contributed by atoms with Crippen LogP contribution in [0.15, 0.2) is 225 Å². The first-order valence-corrected chi connectivity index (χ1v) is 23.6. The summed E-state index contributed by atoms with van der Waals surface area (Å²) in [6.07, 6.45) is 1.63. The molecular formula is C63H43N3O2. The van der Waals surface area contributed by atoms with Crippen molar-refractivity contribution in [2.45, 2.75) is 25.8 Å². The van der Waals surface area contributed by atoms with Crippen LogP contribution in [0, 0.1) is 5.92 Å². The molecule has 2 atom stereocenters. The van der Waals surface area contributed by atoms with Gasteiger partial charge in [-0.25, -0.2) is 4.99 Å². The van der Waals surface area contributed by atoms with Crippen LogP contribution < -0.4 is 0 Å².